The lowest BCUT2D eigenvalue weighted by atomic mass is 10.1. The van der Waals surface area contributed by atoms with Crippen LogP contribution >= 0.6 is 27.5 Å². The van der Waals surface area contributed by atoms with E-state index in [2.05, 4.69) is 21.2 Å². The minimum absolute atomic E-state index is 0.127. The Labute approximate surface area is 204 Å². The van der Waals surface area contributed by atoms with E-state index in [0.29, 0.717) is 45.5 Å². The van der Waals surface area contributed by atoms with Crippen LogP contribution in [0.1, 0.15) is 18.1 Å². The SMILES string of the molecule is CCOc1cc(/C=C(\C#N)C(=O)Nc2ccc(F)cc2)c(Br)cc1OCc1ccc(Cl)cc1. The molecule has 1 N–H and O–H groups in total. The maximum Gasteiger partial charge on any atom is 0.266 e. The predicted octanol–water partition coefficient (Wildman–Crippen LogP) is 6.76. The molecule has 168 valence electrons. The quantitative estimate of drug-likeness (QED) is 0.258. The number of ether oxygens (including phenoxy) is 2. The number of carbonyl (C=O) groups is 1. The number of halogens is 3. The molecule has 0 unspecified atom stereocenters. The highest BCUT2D eigenvalue weighted by atomic mass is 79.9. The van der Waals surface area contributed by atoms with E-state index in [1.165, 1.54) is 30.3 Å². The number of benzene rings is 3. The minimum atomic E-state index is -0.614. The van der Waals surface area contributed by atoms with Gasteiger partial charge in [0, 0.05) is 15.2 Å². The molecule has 0 fully saturated rings. The molecule has 0 heterocycles. The summed E-state index contributed by atoms with van der Waals surface area (Å²) in [6.45, 7) is 2.55. The number of nitrogens with zero attached hydrogens (tertiary/aromatic N) is 1. The van der Waals surface area contributed by atoms with Crippen molar-refractivity contribution in [1.82, 2.24) is 0 Å². The number of amides is 1. The Balaban J connectivity index is 1.83. The normalized spacial score (nSPS) is 10.9. The van der Waals surface area contributed by atoms with Crippen molar-refractivity contribution in [2.24, 2.45) is 0 Å². The summed E-state index contributed by atoms with van der Waals surface area (Å²) in [5.74, 6) is -0.0610. The second-order valence-corrected chi connectivity index (χ2v) is 8.09. The zero-order chi connectivity index (χ0) is 23.8. The van der Waals surface area contributed by atoms with Crippen LogP contribution in [0.3, 0.4) is 0 Å². The van der Waals surface area contributed by atoms with Gasteiger partial charge in [0.05, 0.1) is 6.61 Å². The molecule has 0 radical (unpaired) electrons. The van der Waals surface area contributed by atoms with Crippen molar-refractivity contribution in [3.63, 3.8) is 0 Å². The Hall–Kier alpha value is -3.34. The number of nitrogens with one attached hydrogen (secondary N) is 1. The van der Waals surface area contributed by atoms with E-state index in [4.69, 9.17) is 21.1 Å². The lowest BCUT2D eigenvalue weighted by molar-refractivity contribution is -0.112. The first-order chi connectivity index (χ1) is 15.9. The highest BCUT2D eigenvalue weighted by molar-refractivity contribution is 9.10. The van der Waals surface area contributed by atoms with E-state index < -0.39 is 11.7 Å². The summed E-state index contributed by atoms with van der Waals surface area (Å²) >= 11 is 9.39. The molecule has 0 aliphatic heterocycles. The molecule has 3 aromatic rings. The minimum Gasteiger partial charge on any atom is -0.490 e. The number of hydrogen-bond acceptors (Lipinski definition) is 4. The number of carbonyl (C=O) groups excluding carboxylic acids is 1. The molecule has 0 aliphatic carbocycles. The Bertz CT molecular complexity index is 1210. The summed E-state index contributed by atoms with van der Waals surface area (Å²) in [4.78, 5) is 12.5. The summed E-state index contributed by atoms with van der Waals surface area (Å²) in [6, 6.07) is 17.9. The van der Waals surface area contributed by atoms with Gasteiger partial charge in [0.25, 0.3) is 5.91 Å². The molecule has 8 heteroatoms. The van der Waals surface area contributed by atoms with Crippen LogP contribution < -0.4 is 14.8 Å². The van der Waals surface area contributed by atoms with E-state index in [-0.39, 0.29) is 5.57 Å². The molecule has 3 aromatic carbocycles. The molecular weight excluding hydrogens is 511 g/mol. The Morgan fingerprint density at radius 1 is 1.12 bits per heavy atom. The smallest absolute Gasteiger partial charge is 0.266 e. The number of hydrogen-bond donors (Lipinski definition) is 1. The molecule has 0 saturated heterocycles. The third-order valence-electron chi connectivity index (χ3n) is 4.44. The number of rotatable bonds is 8. The van der Waals surface area contributed by atoms with Crippen molar-refractivity contribution < 1.29 is 18.7 Å². The van der Waals surface area contributed by atoms with Gasteiger partial charge in [0.1, 0.15) is 24.1 Å². The van der Waals surface area contributed by atoms with Crippen molar-refractivity contribution in [1.29, 1.82) is 5.26 Å². The van der Waals surface area contributed by atoms with Gasteiger partial charge >= 0.3 is 0 Å². The lowest BCUT2D eigenvalue weighted by Crippen LogP contribution is -2.13. The molecule has 0 bridgehead atoms. The summed E-state index contributed by atoms with van der Waals surface area (Å²) in [7, 11) is 0. The van der Waals surface area contributed by atoms with Crippen molar-refractivity contribution in [3.05, 3.63) is 92.7 Å². The van der Waals surface area contributed by atoms with Gasteiger partial charge in [-0.15, -0.1) is 0 Å². The van der Waals surface area contributed by atoms with Gasteiger partial charge in [-0.3, -0.25) is 4.79 Å². The maximum absolute atomic E-state index is 13.1. The molecule has 3 rings (SSSR count). The monoisotopic (exact) mass is 528 g/mol. The third kappa shape index (κ3) is 6.82. The second kappa shape index (κ2) is 11.5. The molecule has 5 nitrogen and oxygen atoms in total. The van der Waals surface area contributed by atoms with Crippen LogP contribution in [0.25, 0.3) is 6.08 Å². The van der Waals surface area contributed by atoms with Crippen LogP contribution in [-0.2, 0) is 11.4 Å². The van der Waals surface area contributed by atoms with Crippen molar-refractivity contribution in [2.45, 2.75) is 13.5 Å². The summed E-state index contributed by atoms with van der Waals surface area (Å²) in [5, 5.41) is 12.7. The molecule has 0 aliphatic rings. The van der Waals surface area contributed by atoms with Gasteiger partial charge in [-0.2, -0.15) is 5.26 Å². The number of nitriles is 1. The Morgan fingerprint density at radius 3 is 2.42 bits per heavy atom. The van der Waals surface area contributed by atoms with Crippen molar-refractivity contribution >= 4 is 45.2 Å². The van der Waals surface area contributed by atoms with E-state index in [1.54, 1.807) is 24.3 Å². The van der Waals surface area contributed by atoms with Crippen molar-refractivity contribution in [3.8, 4) is 17.6 Å². The van der Waals surface area contributed by atoms with Crippen LogP contribution in [0.15, 0.2) is 70.7 Å². The van der Waals surface area contributed by atoms with E-state index in [0.717, 1.165) is 5.56 Å². The first kappa shape index (κ1) is 24.3. The fourth-order valence-corrected chi connectivity index (χ4v) is 3.38. The molecule has 0 spiro atoms. The molecule has 1 amide bonds. The Morgan fingerprint density at radius 2 is 1.79 bits per heavy atom. The van der Waals surface area contributed by atoms with E-state index >= 15 is 0 Å². The highest BCUT2D eigenvalue weighted by Gasteiger charge is 2.14. The molecule has 0 aromatic heterocycles. The van der Waals surface area contributed by atoms with E-state index in [9.17, 15) is 14.4 Å². The topological polar surface area (TPSA) is 71.3 Å². The second-order valence-electron chi connectivity index (χ2n) is 6.80. The first-order valence-electron chi connectivity index (χ1n) is 9.92. The van der Waals surface area contributed by atoms with Crippen LogP contribution in [0.5, 0.6) is 11.5 Å². The van der Waals surface area contributed by atoms with Gasteiger partial charge in [-0.1, -0.05) is 39.7 Å². The molecular formula is C25H19BrClFN2O3. The van der Waals surface area contributed by atoms with E-state index in [1.807, 2.05) is 25.1 Å². The fraction of sp³-hybridized carbons (Fsp3) is 0.120. The first-order valence-corrected chi connectivity index (χ1v) is 11.1. The molecule has 0 saturated carbocycles. The largest absolute Gasteiger partial charge is 0.490 e. The van der Waals surface area contributed by atoms with Gasteiger partial charge < -0.3 is 14.8 Å². The molecule has 33 heavy (non-hydrogen) atoms. The number of anilines is 1. The lowest BCUT2D eigenvalue weighted by Gasteiger charge is -2.14. The summed E-state index contributed by atoms with van der Waals surface area (Å²) in [5.41, 5.74) is 1.74. The van der Waals surface area contributed by atoms with Gasteiger partial charge in [-0.25, -0.2) is 4.39 Å². The van der Waals surface area contributed by atoms with Crippen molar-refractivity contribution in [2.75, 3.05) is 11.9 Å². The fourth-order valence-electron chi connectivity index (χ4n) is 2.82. The van der Waals surface area contributed by atoms with Crippen LogP contribution in [0.4, 0.5) is 10.1 Å². The van der Waals surface area contributed by atoms with Gasteiger partial charge in [0.15, 0.2) is 11.5 Å². The summed E-state index contributed by atoms with van der Waals surface area (Å²) < 4.78 is 25.3. The highest BCUT2D eigenvalue weighted by Crippen LogP contribution is 2.35. The standard InChI is InChI=1S/C25H19BrClFN2O3/c1-2-32-23-12-17(11-18(14-29)25(31)30-21-9-7-20(28)8-10-21)22(26)13-24(23)33-15-16-3-5-19(27)6-4-16/h3-13H,2,15H2,1H3,(H,30,31)/b18-11+. The summed E-state index contributed by atoms with van der Waals surface area (Å²) in [6.07, 6.45) is 1.44. The maximum atomic E-state index is 13.1. The van der Waals surface area contributed by atoms with Crippen LogP contribution in [-0.4, -0.2) is 12.5 Å². The third-order valence-corrected chi connectivity index (χ3v) is 5.38. The van der Waals surface area contributed by atoms with Crippen LogP contribution in [0, 0.1) is 17.1 Å². The van der Waals surface area contributed by atoms with Crippen LogP contribution in [0.2, 0.25) is 5.02 Å². The predicted molar refractivity (Wildman–Crippen MR) is 130 cm³/mol. The zero-order valence-electron chi connectivity index (χ0n) is 17.6. The average molecular weight is 530 g/mol. The average Bonchev–Trinajstić information content (AvgIpc) is 2.80. The Kier molecular flexibility index (Phi) is 8.47. The molecule has 0 atom stereocenters. The van der Waals surface area contributed by atoms with Gasteiger partial charge in [-0.05, 0) is 72.7 Å². The zero-order valence-corrected chi connectivity index (χ0v) is 19.9. The van der Waals surface area contributed by atoms with Gasteiger partial charge in [0.2, 0.25) is 0 Å².